The highest BCUT2D eigenvalue weighted by Gasteiger charge is 2.04. The molecule has 86 valence electrons. The van der Waals surface area contributed by atoms with E-state index < -0.39 is 0 Å². The molecular formula is C13H13N3S. The lowest BCUT2D eigenvalue weighted by molar-refractivity contribution is 0.838. The van der Waals surface area contributed by atoms with E-state index in [0.29, 0.717) is 6.54 Å². The van der Waals surface area contributed by atoms with Crippen molar-refractivity contribution in [3.63, 3.8) is 0 Å². The minimum Gasteiger partial charge on any atom is -0.326 e. The molecule has 0 aliphatic carbocycles. The minimum atomic E-state index is 0.620. The van der Waals surface area contributed by atoms with E-state index in [-0.39, 0.29) is 0 Å². The van der Waals surface area contributed by atoms with Gasteiger partial charge in [0.15, 0.2) is 0 Å². The van der Waals surface area contributed by atoms with Gasteiger partial charge in [0.1, 0.15) is 0 Å². The first-order chi connectivity index (χ1) is 8.36. The predicted molar refractivity (Wildman–Crippen MR) is 71.0 cm³/mol. The lowest BCUT2D eigenvalue weighted by Gasteiger charge is -2.01. The van der Waals surface area contributed by atoms with Crippen molar-refractivity contribution in [3.8, 4) is 0 Å². The maximum absolute atomic E-state index is 5.62. The van der Waals surface area contributed by atoms with Crippen LogP contribution in [0.4, 0.5) is 0 Å². The smallest absolute Gasteiger partial charge is 0.0961 e. The Kier molecular flexibility index (Phi) is 2.66. The number of aromatic nitrogens is 2. The number of hydrogen-bond donors (Lipinski definition) is 1. The van der Waals surface area contributed by atoms with Crippen LogP contribution in [-0.2, 0) is 13.1 Å². The number of imidazole rings is 1. The highest BCUT2D eigenvalue weighted by atomic mass is 32.1. The molecule has 2 aromatic heterocycles. The Morgan fingerprint density at radius 3 is 2.76 bits per heavy atom. The zero-order valence-corrected chi connectivity index (χ0v) is 10.2. The summed E-state index contributed by atoms with van der Waals surface area (Å²) in [5.41, 5.74) is 7.84. The first-order valence-electron chi connectivity index (χ1n) is 5.54. The van der Waals surface area contributed by atoms with Gasteiger partial charge in [-0.25, -0.2) is 4.98 Å². The number of hydrogen-bond acceptors (Lipinski definition) is 3. The lowest BCUT2D eigenvalue weighted by Crippen LogP contribution is -1.95. The van der Waals surface area contributed by atoms with Gasteiger partial charge in [0, 0.05) is 16.3 Å². The summed E-state index contributed by atoms with van der Waals surface area (Å²) in [6, 6.07) is 12.4. The van der Waals surface area contributed by atoms with E-state index in [9.17, 15) is 0 Å². The molecule has 0 spiro atoms. The van der Waals surface area contributed by atoms with Crippen LogP contribution >= 0.6 is 11.3 Å². The average Bonchev–Trinajstić information content (AvgIpc) is 2.97. The number of nitrogens with zero attached hydrogens (tertiary/aromatic N) is 2. The van der Waals surface area contributed by atoms with E-state index >= 15 is 0 Å². The fraction of sp³-hybridized carbons (Fsp3) is 0.154. The molecule has 4 heteroatoms. The van der Waals surface area contributed by atoms with Crippen LogP contribution in [0.2, 0.25) is 0 Å². The van der Waals surface area contributed by atoms with Gasteiger partial charge in [-0.15, -0.1) is 11.3 Å². The standard InChI is InChI=1S/C13H13N3S/c14-7-10-5-6-11(17-10)8-16-9-15-12-3-1-2-4-13(12)16/h1-6,9H,7-8,14H2. The molecule has 0 radical (unpaired) electrons. The number of benzene rings is 1. The SMILES string of the molecule is NCc1ccc(Cn2cnc3ccccc32)s1. The summed E-state index contributed by atoms with van der Waals surface area (Å²) in [4.78, 5) is 6.92. The molecule has 3 nitrogen and oxygen atoms in total. The normalized spacial score (nSPS) is 11.1. The van der Waals surface area contributed by atoms with Gasteiger partial charge >= 0.3 is 0 Å². The fourth-order valence-electron chi connectivity index (χ4n) is 1.92. The van der Waals surface area contributed by atoms with Crippen molar-refractivity contribution in [1.82, 2.24) is 9.55 Å². The number of para-hydroxylation sites is 2. The summed E-state index contributed by atoms with van der Waals surface area (Å²) in [5, 5.41) is 0. The van der Waals surface area contributed by atoms with E-state index in [1.807, 2.05) is 24.5 Å². The zero-order chi connectivity index (χ0) is 11.7. The summed E-state index contributed by atoms with van der Waals surface area (Å²) in [6.07, 6.45) is 1.90. The molecule has 0 bridgehead atoms. The third-order valence-corrected chi connectivity index (χ3v) is 3.86. The number of nitrogens with two attached hydrogens (primary N) is 1. The summed E-state index contributed by atoms with van der Waals surface area (Å²) >= 11 is 1.77. The first-order valence-corrected chi connectivity index (χ1v) is 6.36. The van der Waals surface area contributed by atoms with Crippen molar-refractivity contribution in [2.45, 2.75) is 13.1 Å². The van der Waals surface area contributed by atoms with Gasteiger partial charge < -0.3 is 10.3 Å². The molecule has 1 aromatic carbocycles. The Morgan fingerprint density at radius 2 is 1.94 bits per heavy atom. The summed E-state index contributed by atoms with van der Waals surface area (Å²) in [7, 11) is 0. The van der Waals surface area contributed by atoms with Crippen LogP contribution in [0.5, 0.6) is 0 Å². The van der Waals surface area contributed by atoms with Crippen molar-refractivity contribution in [2.75, 3.05) is 0 Å². The van der Waals surface area contributed by atoms with Crippen molar-refractivity contribution in [2.24, 2.45) is 5.73 Å². The summed E-state index contributed by atoms with van der Waals surface area (Å²) in [6.45, 7) is 1.49. The molecule has 0 fully saturated rings. The average molecular weight is 243 g/mol. The summed E-state index contributed by atoms with van der Waals surface area (Å²) < 4.78 is 2.17. The monoisotopic (exact) mass is 243 g/mol. The van der Waals surface area contributed by atoms with E-state index in [2.05, 4.69) is 27.8 Å². The molecule has 3 rings (SSSR count). The molecule has 2 N–H and O–H groups in total. The molecule has 0 aliphatic heterocycles. The molecule has 0 unspecified atom stereocenters. The van der Waals surface area contributed by atoms with Crippen molar-refractivity contribution in [1.29, 1.82) is 0 Å². The van der Waals surface area contributed by atoms with Crippen LogP contribution in [0, 0.1) is 0 Å². The maximum atomic E-state index is 5.62. The van der Waals surface area contributed by atoms with Crippen LogP contribution in [0.15, 0.2) is 42.7 Å². The van der Waals surface area contributed by atoms with Crippen LogP contribution in [0.3, 0.4) is 0 Å². The van der Waals surface area contributed by atoms with Gasteiger partial charge in [0.25, 0.3) is 0 Å². The van der Waals surface area contributed by atoms with E-state index in [4.69, 9.17) is 5.73 Å². The van der Waals surface area contributed by atoms with E-state index in [1.165, 1.54) is 15.3 Å². The molecule has 0 saturated carbocycles. The van der Waals surface area contributed by atoms with Gasteiger partial charge in [-0.1, -0.05) is 12.1 Å². The van der Waals surface area contributed by atoms with Gasteiger partial charge in [-0.05, 0) is 24.3 Å². The van der Waals surface area contributed by atoms with Crippen LogP contribution in [0.25, 0.3) is 11.0 Å². The Morgan fingerprint density at radius 1 is 1.12 bits per heavy atom. The van der Waals surface area contributed by atoms with Crippen LogP contribution < -0.4 is 5.73 Å². The number of fused-ring (bicyclic) bond motifs is 1. The Labute approximate surface area is 104 Å². The van der Waals surface area contributed by atoms with Gasteiger partial charge in [0.2, 0.25) is 0 Å². The lowest BCUT2D eigenvalue weighted by atomic mass is 10.3. The van der Waals surface area contributed by atoms with Crippen molar-refractivity contribution < 1.29 is 0 Å². The van der Waals surface area contributed by atoms with E-state index in [0.717, 1.165) is 12.1 Å². The molecule has 0 atom stereocenters. The topological polar surface area (TPSA) is 43.8 Å². The zero-order valence-electron chi connectivity index (χ0n) is 9.34. The van der Waals surface area contributed by atoms with E-state index in [1.54, 1.807) is 11.3 Å². The van der Waals surface area contributed by atoms with Gasteiger partial charge in [-0.2, -0.15) is 0 Å². The molecule has 2 heterocycles. The predicted octanol–water partition coefficient (Wildman–Crippen LogP) is 2.60. The highest BCUT2D eigenvalue weighted by Crippen LogP contribution is 2.19. The van der Waals surface area contributed by atoms with Crippen molar-refractivity contribution in [3.05, 3.63) is 52.5 Å². The molecule has 0 saturated heterocycles. The summed E-state index contributed by atoms with van der Waals surface area (Å²) in [5.74, 6) is 0. The second kappa shape index (κ2) is 4.31. The largest absolute Gasteiger partial charge is 0.326 e. The minimum absolute atomic E-state index is 0.620. The second-order valence-electron chi connectivity index (χ2n) is 3.93. The molecule has 3 aromatic rings. The van der Waals surface area contributed by atoms with Crippen LogP contribution in [0.1, 0.15) is 9.75 Å². The van der Waals surface area contributed by atoms with Gasteiger partial charge in [-0.3, -0.25) is 0 Å². The second-order valence-corrected chi connectivity index (χ2v) is 5.19. The maximum Gasteiger partial charge on any atom is 0.0961 e. The Balaban J connectivity index is 1.94. The number of thiophene rings is 1. The third kappa shape index (κ3) is 1.97. The first kappa shape index (κ1) is 10.5. The molecule has 0 aliphatic rings. The molecule has 17 heavy (non-hydrogen) atoms. The third-order valence-electron chi connectivity index (χ3n) is 2.77. The number of rotatable bonds is 3. The van der Waals surface area contributed by atoms with Crippen LogP contribution in [-0.4, -0.2) is 9.55 Å². The van der Waals surface area contributed by atoms with Crippen molar-refractivity contribution >= 4 is 22.4 Å². The quantitative estimate of drug-likeness (QED) is 0.768. The fourth-order valence-corrected chi connectivity index (χ4v) is 2.82. The van der Waals surface area contributed by atoms with Gasteiger partial charge in [0.05, 0.1) is 23.9 Å². The Hall–Kier alpha value is -1.65. The molecular weight excluding hydrogens is 230 g/mol. The Bertz CT molecular complexity index is 639. The highest BCUT2D eigenvalue weighted by molar-refractivity contribution is 7.11. The molecule has 0 amide bonds.